The second kappa shape index (κ2) is 9.60. The van der Waals surface area contributed by atoms with Crippen LogP contribution in [0.4, 0.5) is 17.6 Å². The molecule has 2 fully saturated rings. The molecule has 1 unspecified atom stereocenters. The summed E-state index contributed by atoms with van der Waals surface area (Å²) >= 11 is 0. The third-order valence-electron chi connectivity index (χ3n) is 6.89. The Bertz CT molecular complexity index is 1280. The minimum Gasteiger partial charge on any atom is -0.406 e. The fraction of sp³-hybridized carbons (Fsp3) is 0.462. The number of ether oxygens (including phenoxy) is 2. The Morgan fingerprint density at radius 2 is 1.89 bits per heavy atom. The van der Waals surface area contributed by atoms with E-state index in [2.05, 4.69) is 20.0 Å². The molecule has 7 nitrogen and oxygen atoms in total. The lowest BCUT2D eigenvalue weighted by atomic mass is 9.87. The number of hydrogen-bond acceptors (Lipinski definition) is 5. The highest BCUT2D eigenvalue weighted by Crippen LogP contribution is 2.37. The van der Waals surface area contributed by atoms with Crippen LogP contribution in [-0.4, -0.2) is 58.9 Å². The molecule has 2 saturated heterocycles. The minimum atomic E-state index is -4.79. The van der Waals surface area contributed by atoms with Crippen LogP contribution in [0.1, 0.15) is 60.3 Å². The molecule has 1 amide bonds. The fourth-order valence-corrected chi connectivity index (χ4v) is 5.18. The number of aromatic amines is 1. The van der Waals surface area contributed by atoms with Gasteiger partial charge in [-0.3, -0.25) is 4.79 Å². The van der Waals surface area contributed by atoms with E-state index in [1.807, 2.05) is 19.9 Å². The fourth-order valence-electron chi connectivity index (χ4n) is 5.18. The zero-order valence-corrected chi connectivity index (χ0v) is 20.5. The summed E-state index contributed by atoms with van der Waals surface area (Å²) in [6, 6.07) is 6.77. The maximum Gasteiger partial charge on any atom is 0.573 e. The SMILES string of the molecule is CC1(C)CNCC(c2cc3c(C4CCN(C(=O)c5ccc(OC(F)(F)F)cc5)CC4)c(F)cnc3[nH]2)O1. The number of aromatic nitrogens is 2. The standard InChI is InChI=1S/C26H28F4N4O3/c1-25(2)14-31-13-21(37-25)20-11-18-22(19(27)12-32-23(18)33-20)15-7-9-34(10-8-15)24(35)16-3-5-17(6-4-16)36-26(28,29)30/h3-6,11-12,15,21,31H,7-10,13-14H2,1-2H3,(H,32,33). The van der Waals surface area contributed by atoms with Crippen LogP contribution in [-0.2, 0) is 4.74 Å². The van der Waals surface area contributed by atoms with Crippen molar-refractivity contribution < 1.29 is 31.8 Å². The predicted molar refractivity (Wildman–Crippen MR) is 128 cm³/mol. The summed E-state index contributed by atoms with van der Waals surface area (Å²) in [4.78, 5) is 22.1. The summed E-state index contributed by atoms with van der Waals surface area (Å²) in [6.07, 6.45) is -2.68. The van der Waals surface area contributed by atoms with Gasteiger partial charge >= 0.3 is 6.36 Å². The van der Waals surface area contributed by atoms with Crippen LogP contribution >= 0.6 is 0 Å². The number of pyridine rings is 1. The average molecular weight is 521 g/mol. The van der Waals surface area contributed by atoms with Crippen molar-refractivity contribution in [2.75, 3.05) is 26.2 Å². The van der Waals surface area contributed by atoms with Gasteiger partial charge in [0.15, 0.2) is 0 Å². The van der Waals surface area contributed by atoms with Crippen molar-refractivity contribution in [1.29, 1.82) is 0 Å². The molecule has 0 saturated carbocycles. The van der Waals surface area contributed by atoms with Crippen molar-refractivity contribution in [2.45, 2.75) is 50.7 Å². The zero-order valence-electron chi connectivity index (χ0n) is 20.5. The van der Waals surface area contributed by atoms with E-state index in [4.69, 9.17) is 4.74 Å². The number of H-pyrrole nitrogens is 1. The first kappa shape index (κ1) is 25.5. The van der Waals surface area contributed by atoms with Gasteiger partial charge in [0, 0.05) is 48.4 Å². The van der Waals surface area contributed by atoms with Gasteiger partial charge in [-0.05, 0) is 62.9 Å². The van der Waals surface area contributed by atoms with Gasteiger partial charge in [-0.1, -0.05) is 0 Å². The van der Waals surface area contributed by atoms with Crippen LogP contribution in [0.5, 0.6) is 5.75 Å². The summed E-state index contributed by atoms with van der Waals surface area (Å²) in [7, 11) is 0. The molecule has 4 heterocycles. The Kier molecular flexibility index (Phi) is 6.61. The van der Waals surface area contributed by atoms with E-state index in [9.17, 15) is 18.0 Å². The van der Waals surface area contributed by atoms with E-state index >= 15 is 4.39 Å². The molecular weight excluding hydrogens is 492 g/mol. The van der Waals surface area contributed by atoms with E-state index in [1.165, 1.54) is 18.3 Å². The number of halogens is 4. The quantitative estimate of drug-likeness (QED) is 0.471. The lowest BCUT2D eigenvalue weighted by molar-refractivity contribution is -0.274. The van der Waals surface area contributed by atoms with E-state index in [0.717, 1.165) is 24.4 Å². The minimum absolute atomic E-state index is 0.109. The van der Waals surface area contributed by atoms with Gasteiger partial charge in [0.2, 0.25) is 0 Å². The van der Waals surface area contributed by atoms with Gasteiger partial charge in [-0.2, -0.15) is 0 Å². The summed E-state index contributed by atoms with van der Waals surface area (Å²) in [5.74, 6) is -1.16. The van der Waals surface area contributed by atoms with E-state index < -0.39 is 6.36 Å². The van der Waals surface area contributed by atoms with E-state index in [-0.39, 0.29) is 40.7 Å². The first-order chi connectivity index (χ1) is 17.5. The second-order valence-electron chi connectivity index (χ2n) is 10.1. The number of nitrogens with zero attached hydrogens (tertiary/aromatic N) is 2. The van der Waals surface area contributed by atoms with Crippen LogP contribution in [0.15, 0.2) is 36.5 Å². The molecule has 2 aliphatic heterocycles. The number of likely N-dealkylation sites (tertiary alicyclic amines) is 1. The van der Waals surface area contributed by atoms with E-state index in [0.29, 0.717) is 49.1 Å². The van der Waals surface area contributed by atoms with Crippen molar-refractivity contribution in [3.63, 3.8) is 0 Å². The van der Waals surface area contributed by atoms with Gasteiger partial charge < -0.3 is 24.7 Å². The topological polar surface area (TPSA) is 79.5 Å². The summed E-state index contributed by atoms with van der Waals surface area (Å²) in [6.45, 7) is 6.20. The van der Waals surface area contributed by atoms with Crippen molar-refractivity contribution in [1.82, 2.24) is 20.2 Å². The summed E-state index contributed by atoms with van der Waals surface area (Å²) in [5.41, 5.74) is 1.95. The number of amides is 1. The van der Waals surface area contributed by atoms with Crippen molar-refractivity contribution in [2.24, 2.45) is 0 Å². The Morgan fingerprint density at radius 3 is 2.54 bits per heavy atom. The van der Waals surface area contributed by atoms with E-state index in [1.54, 1.807) is 4.90 Å². The molecule has 0 spiro atoms. The smallest absolute Gasteiger partial charge is 0.406 e. The molecule has 11 heteroatoms. The monoisotopic (exact) mass is 520 g/mol. The lowest BCUT2D eigenvalue weighted by Gasteiger charge is -2.36. The number of carbonyl (C=O) groups is 1. The van der Waals surface area contributed by atoms with Crippen molar-refractivity contribution in [3.05, 3.63) is 59.2 Å². The highest BCUT2D eigenvalue weighted by Gasteiger charge is 2.33. The predicted octanol–water partition coefficient (Wildman–Crippen LogP) is 5.06. The summed E-state index contributed by atoms with van der Waals surface area (Å²) in [5, 5.41) is 4.08. The zero-order chi connectivity index (χ0) is 26.4. The Morgan fingerprint density at radius 1 is 1.19 bits per heavy atom. The first-order valence-electron chi connectivity index (χ1n) is 12.2. The number of alkyl halides is 3. The number of morpholine rings is 1. The lowest BCUT2D eigenvalue weighted by Crippen LogP contribution is -2.46. The highest BCUT2D eigenvalue weighted by molar-refractivity contribution is 5.94. The Balaban J connectivity index is 1.29. The van der Waals surface area contributed by atoms with Gasteiger partial charge in [0.1, 0.15) is 23.3 Å². The maximum atomic E-state index is 15.1. The molecule has 0 aliphatic carbocycles. The van der Waals surface area contributed by atoms with Crippen LogP contribution in [0.3, 0.4) is 0 Å². The number of nitrogens with one attached hydrogen (secondary N) is 2. The van der Waals surface area contributed by atoms with Crippen LogP contribution in [0.25, 0.3) is 11.0 Å². The molecule has 37 heavy (non-hydrogen) atoms. The third kappa shape index (κ3) is 5.57. The molecule has 198 valence electrons. The number of fused-ring (bicyclic) bond motifs is 1. The third-order valence-corrected chi connectivity index (χ3v) is 6.89. The number of piperidine rings is 1. The van der Waals surface area contributed by atoms with Gasteiger partial charge in [0.05, 0.1) is 11.8 Å². The number of carbonyl (C=O) groups excluding carboxylic acids is 1. The largest absolute Gasteiger partial charge is 0.573 e. The van der Waals surface area contributed by atoms with Crippen molar-refractivity contribution in [3.8, 4) is 5.75 Å². The van der Waals surface area contributed by atoms with Crippen LogP contribution in [0, 0.1) is 5.82 Å². The molecule has 1 aromatic carbocycles. The van der Waals surface area contributed by atoms with Gasteiger partial charge in [-0.25, -0.2) is 9.37 Å². The molecular formula is C26H28F4N4O3. The number of rotatable bonds is 4. The normalized spacial score (nSPS) is 20.8. The van der Waals surface area contributed by atoms with Gasteiger partial charge in [-0.15, -0.1) is 13.2 Å². The Labute approximate surface area is 211 Å². The Hall–Kier alpha value is -3.18. The molecule has 3 aromatic rings. The molecule has 0 radical (unpaired) electrons. The maximum absolute atomic E-state index is 15.1. The number of hydrogen-bond donors (Lipinski definition) is 2. The molecule has 2 N–H and O–H groups in total. The molecule has 2 aliphatic rings. The molecule has 5 rings (SSSR count). The van der Waals surface area contributed by atoms with Crippen LogP contribution in [0.2, 0.25) is 0 Å². The highest BCUT2D eigenvalue weighted by atomic mass is 19.4. The second-order valence-corrected chi connectivity index (χ2v) is 10.1. The number of benzene rings is 1. The van der Waals surface area contributed by atoms with Crippen molar-refractivity contribution >= 4 is 16.9 Å². The van der Waals surface area contributed by atoms with Gasteiger partial charge in [0.25, 0.3) is 5.91 Å². The molecule has 0 bridgehead atoms. The first-order valence-corrected chi connectivity index (χ1v) is 12.2. The summed E-state index contributed by atoms with van der Waals surface area (Å²) < 4.78 is 62.3. The molecule has 1 atom stereocenters. The molecule has 2 aromatic heterocycles. The van der Waals surface area contributed by atoms with Crippen LogP contribution < -0.4 is 10.1 Å². The average Bonchev–Trinajstić information content (AvgIpc) is 3.27.